The topological polar surface area (TPSA) is 95.7 Å². The minimum Gasteiger partial charge on any atom is -0.497 e. The summed E-state index contributed by atoms with van der Waals surface area (Å²) in [5, 5.41) is 10.3. The van der Waals surface area contributed by atoms with Crippen molar-refractivity contribution in [2.24, 2.45) is 0 Å². The predicted octanol–water partition coefficient (Wildman–Crippen LogP) is 2.56. The second-order valence-electron chi connectivity index (χ2n) is 5.42. The van der Waals surface area contributed by atoms with Crippen molar-refractivity contribution in [3.05, 3.63) is 54.4 Å². The Balaban J connectivity index is 1.50. The lowest BCUT2D eigenvalue weighted by molar-refractivity contribution is 0.0913. The smallest absolute Gasteiger partial charge is 0.308 e. The quantitative estimate of drug-likeness (QED) is 0.610. The molecule has 2 aromatic carbocycles. The van der Waals surface area contributed by atoms with Crippen LogP contribution in [-0.4, -0.2) is 43.5 Å². The summed E-state index contributed by atoms with van der Waals surface area (Å²) in [6.07, 6.45) is 0. The molecule has 0 bridgehead atoms. The molecular weight excluding hydrogens is 350 g/mol. The third kappa shape index (κ3) is 4.75. The molecule has 3 rings (SSSR count). The van der Waals surface area contributed by atoms with E-state index in [1.807, 2.05) is 0 Å². The molecule has 0 aliphatic heterocycles. The number of hydrogen-bond acceptors (Lipinski definition) is 7. The maximum absolute atomic E-state index is 12.1. The van der Waals surface area contributed by atoms with Crippen LogP contribution in [0.2, 0.25) is 0 Å². The van der Waals surface area contributed by atoms with Crippen molar-refractivity contribution in [3.8, 4) is 28.7 Å². The number of rotatable bonds is 8. The molecule has 0 unspecified atom stereocenters. The molecule has 0 atom stereocenters. The van der Waals surface area contributed by atoms with E-state index in [0.717, 1.165) is 5.75 Å². The van der Waals surface area contributed by atoms with E-state index in [1.165, 1.54) is 0 Å². The number of ether oxygens (including phenoxy) is 3. The monoisotopic (exact) mass is 369 g/mol. The molecule has 27 heavy (non-hydrogen) atoms. The number of benzene rings is 2. The maximum Gasteiger partial charge on any atom is 0.308 e. The largest absolute Gasteiger partial charge is 0.497 e. The van der Waals surface area contributed by atoms with E-state index >= 15 is 0 Å². The fourth-order valence-electron chi connectivity index (χ4n) is 2.27. The van der Waals surface area contributed by atoms with E-state index in [0.29, 0.717) is 30.2 Å². The highest BCUT2D eigenvalue weighted by atomic mass is 16.5. The Morgan fingerprint density at radius 3 is 2.48 bits per heavy atom. The van der Waals surface area contributed by atoms with E-state index in [2.05, 4.69) is 15.5 Å². The van der Waals surface area contributed by atoms with Crippen LogP contribution < -0.4 is 19.5 Å². The summed E-state index contributed by atoms with van der Waals surface area (Å²) in [4.78, 5) is 12.1. The predicted molar refractivity (Wildman–Crippen MR) is 97.1 cm³/mol. The molecule has 0 saturated heterocycles. The zero-order chi connectivity index (χ0) is 19.1. The van der Waals surface area contributed by atoms with Gasteiger partial charge in [-0.1, -0.05) is 6.07 Å². The number of carbonyl (C=O) groups excluding carboxylic acids is 1. The molecule has 8 heteroatoms. The summed E-state index contributed by atoms with van der Waals surface area (Å²) in [6, 6.07) is 14.3. The first-order valence-corrected chi connectivity index (χ1v) is 8.22. The molecule has 0 aliphatic carbocycles. The molecule has 1 aromatic heterocycles. The van der Waals surface area contributed by atoms with Gasteiger partial charge in [-0.3, -0.25) is 4.79 Å². The van der Waals surface area contributed by atoms with Crippen LogP contribution in [0, 0.1) is 0 Å². The molecular formula is C19H19N3O5. The molecule has 0 radical (unpaired) electrons. The molecule has 3 aromatic rings. The Kier molecular flexibility index (Phi) is 5.88. The van der Waals surface area contributed by atoms with Crippen LogP contribution in [0.3, 0.4) is 0 Å². The van der Waals surface area contributed by atoms with Gasteiger partial charge in [0.15, 0.2) is 0 Å². The summed E-state index contributed by atoms with van der Waals surface area (Å²) < 4.78 is 21.2. The second-order valence-corrected chi connectivity index (χ2v) is 5.42. The van der Waals surface area contributed by atoms with Crippen LogP contribution >= 0.6 is 0 Å². The van der Waals surface area contributed by atoms with E-state index in [-0.39, 0.29) is 11.8 Å². The van der Waals surface area contributed by atoms with Crippen LogP contribution in [0.5, 0.6) is 17.2 Å². The molecule has 140 valence electrons. The number of methoxy groups -OCH3 is 2. The van der Waals surface area contributed by atoms with Gasteiger partial charge in [0.05, 0.1) is 20.8 Å². The van der Waals surface area contributed by atoms with Gasteiger partial charge in [0.1, 0.15) is 23.9 Å². The van der Waals surface area contributed by atoms with Gasteiger partial charge >= 0.3 is 11.8 Å². The Morgan fingerprint density at radius 2 is 1.74 bits per heavy atom. The molecule has 1 heterocycles. The van der Waals surface area contributed by atoms with Crippen LogP contribution in [0.15, 0.2) is 52.9 Å². The van der Waals surface area contributed by atoms with Crippen LogP contribution in [-0.2, 0) is 0 Å². The fourth-order valence-corrected chi connectivity index (χ4v) is 2.27. The third-order valence-electron chi connectivity index (χ3n) is 3.65. The van der Waals surface area contributed by atoms with Crippen LogP contribution in [0.4, 0.5) is 0 Å². The zero-order valence-corrected chi connectivity index (χ0v) is 15.0. The van der Waals surface area contributed by atoms with Gasteiger partial charge in [0, 0.05) is 5.56 Å². The van der Waals surface area contributed by atoms with Crippen molar-refractivity contribution in [1.82, 2.24) is 15.5 Å². The number of amides is 1. The summed E-state index contributed by atoms with van der Waals surface area (Å²) in [5.74, 6) is 1.76. The molecule has 1 N–H and O–H groups in total. The van der Waals surface area contributed by atoms with Crippen molar-refractivity contribution >= 4 is 5.91 Å². The number of carbonyl (C=O) groups is 1. The lowest BCUT2D eigenvalue weighted by atomic mass is 10.2. The summed E-state index contributed by atoms with van der Waals surface area (Å²) in [6.45, 7) is 0.594. The van der Waals surface area contributed by atoms with Crippen molar-refractivity contribution < 1.29 is 23.4 Å². The van der Waals surface area contributed by atoms with Crippen LogP contribution in [0.25, 0.3) is 11.5 Å². The Labute approximate surface area is 156 Å². The summed E-state index contributed by atoms with van der Waals surface area (Å²) in [7, 11) is 3.17. The van der Waals surface area contributed by atoms with Gasteiger partial charge in [0.25, 0.3) is 0 Å². The Hall–Kier alpha value is -3.55. The third-order valence-corrected chi connectivity index (χ3v) is 3.65. The molecule has 0 spiro atoms. The molecule has 1 amide bonds. The van der Waals surface area contributed by atoms with E-state index in [1.54, 1.807) is 62.8 Å². The zero-order valence-electron chi connectivity index (χ0n) is 15.0. The van der Waals surface area contributed by atoms with Crippen molar-refractivity contribution in [2.45, 2.75) is 0 Å². The number of nitrogens with one attached hydrogen (secondary N) is 1. The molecule has 8 nitrogen and oxygen atoms in total. The first kappa shape index (κ1) is 18.2. The number of nitrogens with zero attached hydrogens (tertiary/aromatic N) is 2. The number of hydrogen-bond donors (Lipinski definition) is 1. The average Bonchev–Trinajstić information content (AvgIpc) is 3.22. The van der Waals surface area contributed by atoms with Gasteiger partial charge < -0.3 is 23.9 Å². The van der Waals surface area contributed by atoms with Gasteiger partial charge in [-0.25, -0.2) is 0 Å². The van der Waals surface area contributed by atoms with Gasteiger partial charge in [-0.2, -0.15) is 0 Å². The highest BCUT2D eigenvalue weighted by molar-refractivity contribution is 5.89. The molecule has 0 saturated carbocycles. The Bertz CT molecular complexity index is 892. The highest BCUT2D eigenvalue weighted by Crippen LogP contribution is 2.22. The SMILES string of the molecule is COc1ccc(OCCNC(=O)c2nnc(-c3cccc(OC)c3)o2)cc1. The standard InChI is InChI=1S/C19H19N3O5/c1-24-14-6-8-15(9-7-14)26-11-10-20-17(23)19-22-21-18(27-19)13-4-3-5-16(12-13)25-2/h3-9,12H,10-11H2,1-2H3,(H,20,23). The minimum atomic E-state index is -0.463. The van der Waals surface area contributed by atoms with Gasteiger partial charge in [0.2, 0.25) is 5.89 Å². The normalized spacial score (nSPS) is 10.3. The van der Waals surface area contributed by atoms with Crippen molar-refractivity contribution in [3.63, 3.8) is 0 Å². The first-order chi connectivity index (χ1) is 13.2. The fraction of sp³-hybridized carbons (Fsp3) is 0.211. The first-order valence-electron chi connectivity index (χ1n) is 8.22. The van der Waals surface area contributed by atoms with Gasteiger partial charge in [-0.05, 0) is 42.5 Å². The van der Waals surface area contributed by atoms with Crippen molar-refractivity contribution in [2.75, 3.05) is 27.4 Å². The minimum absolute atomic E-state index is 0.114. The highest BCUT2D eigenvalue weighted by Gasteiger charge is 2.15. The molecule has 0 fully saturated rings. The summed E-state index contributed by atoms with van der Waals surface area (Å²) in [5.41, 5.74) is 0.670. The maximum atomic E-state index is 12.1. The number of aromatic nitrogens is 2. The second kappa shape index (κ2) is 8.70. The van der Waals surface area contributed by atoms with Gasteiger partial charge in [-0.15, -0.1) is 10.2 Å². The lowest BCUT2D eigenvalue weighted by Gasteiger charge is -2.07. The van der Waals surface area contributed by atoms with E-state index in [9.17, 15) is 4.79 Å². The Morgan fingerprint density at radius 1 is 1.00 bits per heavy atom. The van der Waals surface area contributed by atoms with E-state index < -0.39 is 5.91 Å². The molecule has 0 aliphatic rings. The summed E-state index contributed by atoms with van der Waals surface area (Å²) >= 11 is 0. The average molecular weight is 369 g/mol. The van der Waals surface area contributed by atoms with Crippen LogP contribution in [0.1, 0.15) is 10.7 Å². The lowest BCUT2D eigenvalue weighted by Crippen LogP contribution is -2.28. The van der Waals surface area contributed by atoms with Crippen molar-refractivity contribution in [1.29, 1.82) is 0 Å². The van der Waals surface area contributed by atoms with E-state index in [4.69, 9.17) is 18.6 Å².